The van der Waals surface area contributed by atoms with E-state index in [4.69, 9.17) is 21.1 Å². The Morgan fingerprint density at radius 2 is 1.86 bits per heavy atom. The van der Waals surface area contributed by atoms with E-state index in [1.54, 1.807) is 58.0 Å². The highest BCUT2D eigenvalue weighted by atomic mass is 35.5. The molecule has 1 amide bonds. The summed E-state index contributed by atoms with van der Waals surface area (Å²) in [5.74, 6) is -0.807. The molecule has 2 aromatic carbocycles. The number of carbonyl (C=O) groups excluding carboxylic acids is 2. The van der Waals surface area contributed by atoms with E-state index in [1.807, 2.05) is 6.07 Å². The van der Waals surface area contributed by atoms with Crippen LogP contribution >= 0.6 is 11.6 Å². The fourth-order valence-electron chi connectivity index (χ4n) is 3.60. The van der Waals surface area contributed by atoms with Crippen molar-refractivity contribution in [3.05, 3.63) is 80.6 Å². The van der Waals surface area contributed by atoms with E-state index in [0.717, 1.165) is 4.90 Å². The molecule has 0 bridgehead atoms. The lowest BCUT2D eigenvalue weighted by Crippen LogP contribution is -2.37. The first-order valence-corrected chi connectivity index (χ1v) is 11.7. The van der Waals surface area contributed by atoms with Gasteiger partial charge in [0.25, 0.3) is 5.69 Å². The van der Waals surface area contributed by atoms with Crippen molar-refractivity contribution in [1.29, 1.82) is 5.26 Å². The van der Waals surface area contributed by atoms with Crippen LogP contribution in [0, 0.1) is 21.4 Å². The number of nitro benzene ring substituents is 1. The van der Waals surface area contributed by atoms with E-state index < -0.39 is 28.3 Å². The number of hydrogen-bond acceptors (Lipinski definition) is 7. The molecule has 3 aromatic rings. The molecule has 0 spiro atoms. The molecular formula is C26H25ClN4O6. The fraction of sp³-hybridized carbons (Fsp3) is 0.269. The Morgan fingerprint density at radius 3 is 2.43 bits per heavy atom. The molecule has 1 N–H and O–H groups in total. The summed E-state index contributed by atoms with van der Waals surface area (Å²) in [5.41, 5.74) is 0.460. The van der Waals surface area contributed by atoms with Gasteiger partial charge in [-0.25, -0.2) is 9.59 Å². The maximum absolute atomic E-state index is 13.3. The molecule has 11 heteroatoms. The number of para-hydroxylation sites is 1. The van der Waals surface area contributed by atoms with Crippen molar-refractivity contribution < 1.29 is 24.0 Å². The first kappa shape index (κ1) is 27.2. The number of nitrogens with zero attached hydrogens (tertiary/aromatic N) is 3. The average Bonchev–Trinajstić information content (AvgIpc) is 3.22. The highest BCUT2D eigenvalue weighted by Crippen LogP contribution is 2.35. The van der Waals surface area contributed by atoms with Gasteiger partial charge < -0.3 is 14.5 Å². The second kappa shape index (κ2) is 11.1. The van der Waals surface area contributed by atoms with Crippen molar-refractivity contribution in [1.82, 2.24) is 4.98 Å². The van der Waals surface area contributed by atoms with Crippen molar-refractivity contribution in [2.75, 3.05) is 11.5 Å². The van der Waals surface area contributed by atoms with Crippen LogP contribution in [0.4, 0.5) is 16.2 Å². The number of carbonyl (C=O) groups is 2. The van der Waals surface area contributed by atoms with E-state index in [9.17, 15) is 25.0 Å². The standard InChI is InChI=1S/C26H25ClN4O6/c1-5-36-24(32)18-7-6-8-21(31(34)35)23(18)30(25(33)37-26(2,3)4)15-16-9-11-17(12-10-16)19-13-22(27)29-20(19)14-28/h6-13,29H,5,15H2,1-4H3. The van der Waals surface area contributed by atoms with Gasteiger partial charge in [0, 0.05) is 11.6 Å². The van der Waals surface area contributed by atoms with Crippen LogP contribution in [0.3, 0.4) is 0 Å². The largest absolute Gasteiger partial charge is 0.462 e. The van der Waals surface area contributed by atoms with E-state index in [0.29, 0.717) is 27.5 Å². The normalized spacial score (nSPS) is 10.9. The van der Waals surface area contributed by atoms with Crippen molar-refractivity contribution in [2.24, 2.45) is 0 Å². The van der Waals surface area contributed by atoms with Gasteiger partial charge in [-0.1, -0.05) is 41.9 Å². The minimum atomic E-state index is -0.909. The number of H-pyrrole nitrogens is 1. The molecule has 3 rings (SSSR count). The number of esters is 1. The van der Waals surface area contributed by atoms with Crippen LogP contribution in [0.2, 0.25) is 5.15 Å². The molecule has 0 aliphatic heterocycles. The van der Waals surface area contributed by atoms with Gasteiger partial charge in [0.15, 0.2) is 0 Å². The quantitative estimate of drug-likeness (QED) is 0.219. The van der Waals surface area contributed by atoms with E-state index in [-0.39, 0.29) is 24.4 Å². The lowest BCUT2D eigenvalue weighted by Gasteiger charge is -2.28. The summed E-state index contributed by atoms with van der Waals surface area (Å²) in [6, 6.07) is 14.5. The Labute approximate surface area is 218 Å². The zero-order valence-electron chi connectivity index (χ0n) is 20.7. The van der Waals surface area contributed by atoms with E-state index >= 15 is 0 Å². The number of nitriles is 1. The molecule has 0 unspecified atom stereocenters. The first-order valence-electron chi connectivity index (χ1n) is 11.3. The molecule has 10 nitrogen and oxygen atoms in total. The Morgan fingerprint density at radius 1 is 1.19 bits per heavy atom. The number of hydrogen-bond donors (Lipinski definition) is 1. The van der Waals surface area contributed by atoms with Crippen molar-refractivity contribution in [3.8, 4) is 17.2 Å². The molecular weight excluding hydrogens is 500 g/mol. The number of aromatic nitrogens is 1. The van der Waals surface area contributed by atoms with Gasteiger partial charge in [0.2, 0.25) is 0 Å². The Balaban J connectivity index is 2.10. The fourth-order valence-corrected chi connectivity index (χ4v) is 3.80. The van der Waals surface area contributed by atoms with Crippen LogP contribution in [0.15, 0.2) is 48.5 Å². The number of aromatic amines is 1. The predicted octanol–water partition coefficient (Wildman–Crippen LogP) is 6.23. The molecule has 0 radical (unpaired) electrons. The SMILES string of the molecule is CCOC(=O)c1cccc([N+](=O)[O-])c1N(Cc1ccc(-c2cc(Cl)[nH]c2C#N)cc1)C(=O)OC(C)(C)C. The van der Waals surface area contributed by atoms with E-state index in [2.05, 4.69) is 4.98 Å². The molecule has 0 saturated carbocycles. The second-order valence-electron chi connectivity index (χ2n) is 8.93. The van der Waals surface area contributed by atoms with Crippen molar-refractivity contribution in [2.45, 2.75) is 39.8 Å². The van der Waals surface area contributed by atoms with Crippen molar-refractivity contribution >= 4 is 35.0 Å². The molecule has 1 heterocycles. The predicted molar refractivity (Wildman–Crippen MR) is 137 cm³/mol. The van der Waals surface area contributed by atoms with Gasteiger partial charge in [0.1, 0.15) is 28.2 Å². The van der Waals surface area contributed by atoms with Crippen LogP contribution < -0.4 is 4.90 Å². The van der Waals surface area contributed by atoms with Gasteiger partial charge in [-0.3, -0.25) is 15.0 Å². The summed E-state index contributed by atoms with van der Waals surface area (Å²) in [6.45, 7) is 6.50. The highest BCUT2D eigenvalue weighted by molar-refractivity contribution is 6.30. The van der Waals surface area contributed by atoms with Gasteiger partial charge >= 0.3 is 12.1 Å². The van der Waals surface area contributed by atoms with E-state index in [1.165, 1.54) is 18.2 Å². The molecule has 0 atom stereocenters. The topological polar surface area (TPSA) is 139 Å². The van der Waals surface area contributed by atoms with Gasteiger partial charge in [-0.2, -0.15) is 5.26 Å². The summed E-state index contributed by atoms with van der Waals surface area (Å²) in [6.07, 6.45) is -0.874. The summed E-state index contributed by atoms with van der Waals surface area (Å²) in [4.78, 5) is 41.1. The third kappa shape index (κ3) is 6.45. The number of ether oxygens (including phenoxy) is 2. The Bertz CT molecular complexity index is 1370. The van der Waals surface area contributed by atoms with Crippen LogP contribution in [0.25, 0.3) is 11.1 Å². The molecule has 37 heavy (non-hydrogen) atoms. The van der Waals surface area contributed by atoms with Gasteiger partial charge in [-0.05, 0) is 51.0 Å². The molecule has 192 valence electrons. The zero-order chi connectivity index (χ0) is 27.3. The smallest absolute Gasteiger partial charge is 0.415 e. The third-order valence-corrected chi connectivity index (χ3v) is 5.30. The highest BCUT2D eigenvalue weighted by Gasteiger charge is 2.33. The molecule has 0 aliphatic carbocycles. The zero-order valence-corrected chi connectivity index (χ0v) is 21.5. The van der Waals surface area contributed by atoms with Crippen molar-refractivity contribution in [3.63, 3.8) is 0 Å². The van der Waals surface area contributed by atoms with Crippen LogP contribution in [0.1, 0.15) is 49.3 Å². The second-order valence-corrected chi connectivity index (χ2v) is 9.34. The third-order valence-electron chi connectivity index (χ3n) is 5.09. The average molecular weight is 525 g/mol. The van der Waals surface area contributed by atoms with Crippen LogP contribution in [-0.4, -0.2) is 34.2 Å². The number of anilines is 1. The number of nitro groups is 1. The van der Waals surface area contributed by atoms with Crippen LogP contribution in [-0.2, 0) is 16.0 Å². The minimum absolute atomic E-state index is 0.0444. The summed E-state index contributed by atoms with van der Waals surface area (Å²) in [5, 5.41) is 21.6. The molecule has 1 aromatic heterocycles. The van der Waals surface area contributed by atoms with Gasteiger partial charge in [-0.15, -0.1) is 0 Å². The molecule has 0 saturated heterocycles. The minimum Gasteiger partial charge on any atom is -0.462 e. The number of benzene rings is 2. The lowest BCUT2D eigenvalue weighted by molar-refractivity contribution is -0.384. The number of rotatable bonds is 7. The summed E-state index contributed by atoms with van der Waals surface area (Å²) in [7, 11) is 0. The maximum atomic E-state index is 13.3. The Kier molecular flexibility index (Phi) is 8.20. The number of nitrogens with one attached hydrogen (secondary N) is 1. The Hall–Kier alpha value is -4.36. The number of halogens is 1. The number of amides is 1. The maximum Gasteiger partial charge on any atom is 0.415 e. The first-order chi connectivity index (χ1) is 17.4. The summed E-state index contributed by atoms with van der Waals surface area (Å²) >= 11 is 6.00. The monoisotopic (exact) mass is 524 g/mol. The molecule has 0 aliphatic rings. The molecule has 0 fully saturated rings. The van der Waals surface area contributed by atoms with Crippen LogP contribution in [0.5, 0.6) is 0 Å². The summed E-state index contributed by atoms with van der Waals surface area (Å²) < 4.78 is 10.6. The van der Waals surface area contributed by atoms with Gasteiger partial charge in [0.05, 0.1) is 23.6 Å². The lowest BCUT2D eigenvalue weighted by atomic mass is 10.0.